The van der Waals surface area contributed by atoms with Crippen LogP contribution in [0.3, 0.4) is 0 Å². The van der Waals surface area contributed by atoms with E-state index >= 15 is 0 Å². The summed E-state index contributed by atoms with van der Waals surface area (Å²) in [4.78, 5) is 5.70. The zero-order chi connectivity index (χ0) is 12.3. The maximum Gasteiger partial charge on any atom is 0.208 e. The third kappa shape index (κ3) is 3.66. The number of nitrogens with one attached hydrogen (secondary N) is 1. The Hall–Kier alpha value is -0.650. The van der Waals surface area contributed by atoms with Gasteiger partial charge in [-0.3, -0.25) is 0 Å². The standard InChI is InChI=1S/C12H15BrN2OS/c1-8-9(2)16-12(15-8)7-14-6-5-10-3-4-11(13)17-10/h3-4,14H,5-7H2,1-2H3. The van der Waals surface area contributed by atoms with Gasteiger partial charge in [-0.05, 0) is 48.3 Å². The molecule has 2 aromatic heterocycles. The first kappa shape index (κ1) is 12.8. The molecule has 1 N–H and O–H groups in total. The molecule has 0 aliphatic rings. The quantitative estimate of drug-likeness (QED) is 0.859. The Kier molecular flexibility index (Phi) is 4.36. The second kappa shape index (κ2) is 5.80. The molecule has 0 saturated carbocycles. The summed E-state index contributed by atoms with van der Waals surface area (Å²) in [5.41, 5.74) is 0.976. The highest BCUT2D eigenvalue weighted by Crippen LogP contribution is 2.22. The van der Waals surface area contributed by atoms with Gasteiger partial charge in [0.25, 0.3) is 0 Å². The van der Waals surface area contributed by atoms with Gasteiger partial charge in [0.1, 0.15) is 5.76 Å². The van der Waals surface area contributed by atoms with Crippen LogP contribution in [0, 0.1) is 13.8 Å². The maximum absolute atomic E-state index is 5.49. The molecule has 0 aliphatic carbocycles. The molecule has 0 spiro atoms. The minimum Gasteiger partial charge on any atom is -0.444 e. The van der Waals surface area contributed by atoms with E-state index in [2.05, 4.69) is 38.4 Å². The first-order valence-electron chi connectivity index (χ1n) is 5.53. The number of nitrogens with zero attached hydrogens (tertiary/aromatic N) is 1. The molecule has 0 atom stereocenters. The van der Waals surface area contributed by atoms with Crippen molar-refractivity contribution >= 4 is 27.3 Å². The first-order chi connectivity index (χ1) is 8.15. The minimum atomic E-state index is 0.696. The second-order valence-corrected chi connectivity index (χ2v) is 6.43. The molecule has 2 rings (SSSR count). The fourth-order valence-electron chi connectivity index (χ4n) is 1.51. The van der Waals surface area contributed by atoms with Crippen LogP contribution < -0.4 is 5.32 Å². The highest BCUT2D eigenvalue weighted by Gasteiger charge is 2.04. The molecule has 0 saturated heterocycles. The van der Waals surface area contributed by atoms with E-state index in [-0.39, 0.29) is 0 Å². The Morgan fingerprint density at radius 3 is 2.82 bits per heavy atom. The highest BCUT2D eigenvalue weighted by molar-refractivity contribution is 9.11. The Morgan fingerprint density at radius 1 is 1.41 bits per heavy atom. The molecule has 3 nitrogen and oxygen atoms in total. The van der Waals surface area contributed by atoms with Crippen molar-refractivity contribution in [3.05, 3.63) is 38.1 Å². The third-order valence-electron chi connectivity index (χ3n) is 2.53. The van der Waals surface area contributed by atoms with Crippen LogP contribution in [0.15, 0.2) is 20.3 Å². The van der Waals surface area contributed by atoms with Crippen molar-refractivity contribution in [2.24, 2.45) is 0 Å². The SMILES string of the molecule is Cc1nc(CNCCc2ccc(Br)s2)oc1C. The summed E-state index contributed by atoms with van der Waals surface area (Å²) in [5.74, 6) is 1.68. The molecular weight excluding hydrogens is 300 g/mol. The van der Waals surface area contributed by atoms with Gasteiger partial charge in [0.05, 0.1) is 16.0 Å². The van der Waals surface area contributed by atoms with Crippen LogP contribution in [-0.2, 0) is 13.0 Å². The molecule has 0 aromatic carbocycles. The zero-order valence-corrected chi connectivity index (χ0v) is 12.3. The van der Waals surface area contributed by atoms with E-state index in [4.69, 9.17) is 4.42 Å². The van der Waals surface area contributed by atoms with Gasteiger partial charge in [-0.15, -0.1) is 11.3 Å². The number of aryl methyl sites for hydroxylation is 2. The second-order valence-electron chi connectivity index (χ2n) is 3.88. The average molecular weight is 315 g/mol. The number of thiophene rings is 1. The molecule has 5 heteroatoms. The molecular formula is C12H15BrN2OS. The lowest BCUT2D eigenvalue weighted by molar-refractivity contribution is 0.450. The Balaban J connectivity index is 1.73. The van der Waals surface area contributed by atoms with Crippen molar-refractivity contribution < 1.29 is 4.42 Å². The lowest BCUT2D eigenvalue weighted by Crippen LogP contribution is -2.16. The fraction of sp³-hybridized carbons (Fsp3) is 0.417. The van der Waals surface area contributed by atoms with Crippen molar-refractivity contribution in [1.29, 1.82) is 0 Å². The molecule has 17 heavy (non-hydrogen) atoms. The summed E-state index contributed by atoms with van der Waals surface area (Å²) in [7, 11) is 0. The maximum atomic E-state index is 5.49. The van der Waals surface area contributed by atoms with E-state index in [0.717, 1.165) is 30.3 Å². The van der Waals surface area contributed by atoms with Crippen LogP contribution in [0.25, 0.3) is 0 Å². The van der Waals surface area contributed by atoms with Crippen LogP contribution in [0.2, 0.25) is 0 Å². The summed E-state index contributed by atoms with van der Waals surface area (Å²) in [6.45, 7) is 5.54. The van der Waals surface area contributed by atoms with E-state index in [0.29, 0.717) is 6.54 Å². The van der Waals surface area contributed by atoms with Gasteiger partial charge < -0.3 is 9.73 Å². The van der Waals surface area contributed by atoms with Gasteiger partial charge in [0.15, 0.2) is 0 Å². The number of hydrogen-bond donors (Lipinski definition) is 1. The molecule has 0 amide bonds. The predicted molar refractivity (Wildman–Crippen MR) is 73.4 cm³/mol. The number of oxazole rings is 1. The van der Waals surface area contributed by atoms with Crippen molar-refractivity contribution in [1.82, 2.24) is 10.3 Å². The minimum absolute atomic E-state index is 0.696. The van der Waals surface area contributed by atoms with Crippen LogP contribution in [0.5, 0.6) is 0 Å². The predicted octanol–water partition coefficient (Wildman–Crippen LogP) is 3.45. The van der Waals surface area contributed by atoms with Gasteiger partial charge in [-0.25, -0.2) is 4.98 Å². The average Bonchev–Trinajstić information content (AvgIpc) is 2.82. The van der Waals surface area contributed by atoms with Crippen LogP contribution in [0.1, 0.15) is 22.2 Å². The number of aromatic nitrogens is 1. The normalized spacial score (nSPS) is 11.0. The van der Waals surface area contributed by atoms with Gasteiger partial charge in [0.2, 0.25) is 5.89 Å². The van der Waals surface area contributed by atoms with Crippen molar-refractivity contribution in [3.8, 4) is 0 Å². The van der Waals surface area contributed by atoms with E-state index in [9.17, 15) is 0 Å². The third-order valence-corrected chi connectivity index (χ3v) is 4.21. The molecule has 2 heterocycles. The molecule has 2 aromatic rings. The smallest absolute Gasteiger partial charge is 0.208 e. The Morgan fingerprint density at radius 2 is 2.24 bits per heavy atom. The van der Waals surface area contributed by atoms with Crippen molar-refractivity contribution in [3.63, 3.8) is 0 Å². The van der Waals surface area contributed by atoms with E-state index < -0.39 is 0 Å². The molecule has 92 valence electrons. The van der Waals surface area contributed by atoms with Crippen molar-refractivity contribution in [2.45, 2.75) is 26.8 Å². The lowest BCUT2D eigenvalue weighted by Gasteiger charge is -1.99. The largest absolute Gasteiger partial charge is 0.444 e. The zero-order valence-electron chi connectivity index (χ0n) is 9.92. The van der Waals surface area contributed by atoms with Crippen LogP contribution >= 0.6 is 27.3 Å². The summed E-state index contributed by atoms with van der Waals surface area (Å²) < 4.78 is 6.68. The van der Waals surface area contributed by atoms with Crippen LogP contribution in [-0.4, -0.2) is 11.5 Å². The molecule has 0 radical (unpaired) electrons. The summed E-state index contributed by atoms with van der Waals surface area (Å²) in [5, 5.41) is 3.34. The first-order valence-corrected chi connectivity index (χ1v) is 7.14. The topological polar surface area (TPSA) is 38.1 Å². The van der Waals surface area contributed by atoms with E-state index in [1.54, 1.807) is 11.3 Å². The molecule has 0 bridgehead atoms. The van der Waals surface area contributed by atoms with Crippen LogP contribution in [0.4, 0.5) is 0 Å². The fourth-order valence-corrected chi connectivity index (χ4v) is 2.99. The lowest BCUT2D eigenvalue weighted by atomic mass is 10.3. The highest BCUT2D eigenvalue weighted by atomic mass is 79.9. The van der Waals surface area contributed by atoms with Gasteiger partial charge in [-0.2, -0.15) is 0 Å². The number of hydrogen-bond acceptors (Lipinski definition) is 4. The number of halogens is 1. The van der Waals surface area contributed by atoms with E-state index in [1.165, 1.54) is 8.66 Å². The van der Waals surface area contributed by atoms with Gasteiger partial charge in [-0.1, -0.05) is 0 Å². The summed E-state index contributed by atoms with van der Waals surface area (Å²) in [6.07, 6.45) is 1.04. The Labute approximate surface area is 113 Å². The summed E-state index contributed by atoms with van der Waals surface area (Å²) in [6, 6.07) is 4.23. The monoisotopic (exact) mass is 314 g/mol. The van der Waals surface area contributed by atoms with Gasteiger partial charge >= 0.3 is 0 Å². The molecule has 0 unspecified atom stereocenters. The van der Waals surface area contributed by atoms with Gasteiger partial charge in [0, 0.05) is 11.4 Å². The van der Waals surface area contributed by atoms with Crippen molar-refractivity contribution in [2.75, 3.05) is 6.54 Å². The molecule has 0 aliphatic heterocycles. The van der Waals surface area contributed by atoms with E-state index in [1.807, 2.05) is 13.8 Å². The number of rotatable bonds is 5. The Bertz CT molecular complexity index is 473. The molecule has 0 fully saturated rings. The summed E-state index contributed by atoms with van der Waals surface area (Å²) >= 11 is 5.24.